The molecule has 0 unspecified atom stereocenters. The van der Waals surface area contributed by atoms with E-state index in [2.05, 4.69) is 10.0 Å². The molecule has 1 amide bonds. The summed E-state index contributed by atoms with van der Waals surface area (Å²) in [5.41, 5.74) is 5.11. The lowest BCUT2D eigenvalue weighted by Gasteiger charge is -2.10. The molecule has 0 aromatic heterocycles. The number of sulfonamides is 1. The van der Waals surface area contributed by atoms with E-state index in [0.717, 1.165) is 24.8 Å². The topological polar surface area (TPSA) is 92.3 Å². The Morgan fingerprint density at radius 1 is 0.818 bits per heavy atom. The lowest BCUT2D eigenvalue weighted by Crippen LogP contribution is -2.14. The zero-order valence-corrected chi connectivity index (χ0v) is 19.2. The molecule has 0 heterocycles. The number of ketones is 1. The van der Waals surface area contributed by atoms with E-state index in [0.29, 0.717) is 16.9 Å². The van der Waals surface area contributed by atoms with Gasteiger partial charge in [0.25, 0.3) is 10.0 Å². The van der Waals surface area contributed by atoms with Gasteiger partial charge in [0, 0.05) is 29.8 Å². The number of aryl methyl sites for hydroxylation is 3. The third-order valence-electron chi connectivity index (χ3n) is 5.75. The van der Waals surface area contributed by atoms with Crippen molar-refractivity contribution in [1.29, 1.82) is 0 Å². The largest absolute Gasteiger partial charge is 0.326 e. The minimum absolute atomic E-state index is 0.0410. The van der Waals surface area contributed by atoms with Gasteiger partial charge in [-0.3, -0.25) is 14.3 Å². The van der Waals surface area contributed by atoms with Crippen LogP contribution in [0, 0.1) is 6.92 Å². The van der Waals surface area contributed by atoms with Gasteiger partial charge in [0.15, 0.2) is 5.78 Å². The van der Waals surface area contributed by atoms with Crippen LogP contribution in [0.25, 0.3) is 0 Å². The molecule has 170 valence electrons. The molecule has 1 aliphatic carbocycles. The predicted molar refractivity (Wildman–Crippen MR) is 129 cm³/mol. The van der Waals surface area contributed by atoms with Gasteiger partial charge in [0.05, 0.1) is 4.90 Å². The van der Waals surface area contributed by atoms with Gasteiger partial charge < -0.3 is 5.32 Å². The Morgan fingerprint density at radius 2 is 1.48 bits per heavy atom. The number of Topliss-reactive ketones (excluding diaryl/α,β-unsaturated/α-hetero) is 1. The monoisotopic (exact) mass is 462 g/mol. The molecule has 0 spiro atoms. The normalized spacial score (nSPS) is 12.8. The zero-order valence-electron chi connectivity index (χ0n) is 18.4. The fourth-order valence-corrected chi connectivity index (χ4v) is 4.95. The van der Waals surface area contributed by atoms with Gasteiger partial charge in [0.1, 0.15) is 0 Å². The second-order valence-electron chi connectivity index (χ2n) is 8.30. The summed E-state index contributed by atoms with van der Waals surface area (Å²) >= 11 is 0. The maximum atomic E-state index is 12.5. The minimum atomic E-state index is -3.69. The predicted octanol–water partition coefficient (Wildman–Crippen LogP) is 4.89. The summed E-state index contributed by atoms with van der Waals surface area (Å²) in [7, 11) is -3.69. The van der Waals surface area contributed by atoms with Crippen LogP contribution in [0.2, 0.25) is 0 Å². The van der Waals surface area contributed by atoms with E-state index in [4.69, 9.17) is 0 Å². The Balaban J connectivity index is 1.30. The van der Waals surface area contributed by atoms with Gasteiger partial charge >= 0.3 is 0 Å². The fraction of sp³-hybridized carbons (Fsp3) is 0.231. The van der Waals surface area contributed by atoms with E-state index < -0.39 is 10.0 Å². The molecule has 3 aromatic rings. The maximum Gasteiger partial charge on any atom is 0.261 e. The molecule has 3 aromatic carbocycles. The molecule has 1 aliphatic rings. The van der Waals surface area contributed by atoms with E-state index in [1.165, 1.54) is 11.1 Å². The second kappa shape index (κ2) is 9.58. The van der Waals surface area contributed by atoms with Crippen molar-refractivity contribution in [2.24, 2.45) is 0 Å². The molecule has 0 aliphatic heterocycles. The van der Waals surface area contributed by atoms with Crippen molar-refractivity contribution in [3.63, 3.8) is 0 Å². The molecule has 33 heavy (non-hydrogen) atoms. The van der Waals surface area contributed by atoms with Crippen molar-refractivity contribution < 1.29 is 18.0 Å². The van der Waals surface area contributed by atoms with Gasteiger partial charge in [-0.15, -0.1) is 0 Å². The highest BCUT2D eigenvalue weighted by Gasteiger charge is 2.16. The molecule has 0 saturated carbocycles. The SMILES string of the molecule is Cc1ccc(S(=O)(=O)Nc2ccc(NC(=O)CCC(=O)c3ccc4c(c3)CCC4)cc2)cc1. The van der Waals surface area contributed by atoms with Crippen LogP contribution in [0.4, 0.5) is 11.4 Å². The van der Waals surface area contributed by atoms with Crippen LogP contribution in [0.1, 0.15) is 46.3 Å². The average molecular weight is 463 g/mol. The summed E-state index contributed by atoms with van der Waals surface area (Å²) in [5.74, 6) is -0.307. The van der Waals surface area contributed by atoms with Crippen molar-refractivity contribution in [3.8, 4) is 0 Å². The number of rotatable bonds is 8. The fourth-order valence-electron chi connectivity index (χ4n) is 3.89. The number of hydrogen-bond acceptors (Lipinski definition) is 4. The van der Waals surface area contributed by atoms with Crippen LogP contribution >= 0.6 is 0 Å². The molecule has 6 nitrogen and oxygen atoms in total. The third-order valence-corrected chi connectivity index (χ3v) is 7.15. The molecule has 0 bridgehead atoms. The summed E-state index contributed by atoms with van der Waals surface area (Å²) in [6.45, 7) is 1.89. The molecule has 4 rings (SSSR count). The lowest BCUT2D eigenvalue weighted by atomic mass is 10.0. The third kappa shape index (κ3) is 5.68. The number of benzene rings is 3. The number of carbonyl (C=O) groups is 2. The quantitative estimate of drug-likeness (QED) is 0.467. The average Bonchev–Trinajstić information content (AvgIpc) is 3.27. The molecule has 0 atom stereocenters. The smallest absolute Gasteiger partial charge is 0.261 e. The second-order valence-corrected chi connectivity index (χ2v) is 9.99. The van der Waals surface area contributed by atoms with Gasteiger partial charge in [-0.1, -0.05) is 29.8 Å². The number of nitrogens with one attached hydrogen (secondary N) is 2. The maximum absolute atomic E-state index is 12.5. The molecular formula is C26H26N2O4S. The first-order chi connectivity index (χ1) is 15.8. The summed E-state index contributed by atoms with van der Waals surface area (Å²) in [6.07, 6.45) is 3.42. The molecule has 2 N–H and O–H groups in total. The van der Waals surface area contributed by atoms with E-state index in [1.807, 2.05) is 25.1 Å². The highest BCUT2D eigenvalue weighted by atomic mass is 32.2. The van der Waals surface area contributed by atoms with E-state index >= 15 is 0 Å². The van der Waals surface area contributed by atoms with Crippen molar-refractivity contribution in [2.45, 2.75) is 43.9 Å². The first-order valence-electron chi connectivity index (χ1n) is 10.9. The van der Waals surface area contributed by atoms with E-state index in [-0.39, 0.29) is 29.4 Å². The van der Waals surface area contributed by atoms with Gasteiger partial charge in [-0.05, 0) is 79.8 Å². The van der Waals surface area contributed by atoms with Gasteiger partial charge in [-0.2, -0.15) is 0 Å². The molecular weight excluding hydrogens is 436 g/mol. The Kier molecular flexibility index (Phi) is 6.60. The zero-order chi connectivity index (χ0) is 23.4. The Bertz CT molecular complexity index is 1280. The summed E-state index contributed by atoms with van der Waals surface area (Å²) < 4.78 is 27.5. The van der Waals surface area contributed by atoms with Crippen LogP contribution in [-0.4, -0.2) is 20.1 Å². The Morgan fingerprint density at radius 3 is 2.21 bits per heavy atom. The van der Waals surface area contributed by atoms with Crippen molar-refractivity contribution in [2.75, 3.05) is 10.0 Å². The number of anilines is 2. The van der Waals surface area contributed by atoms with Crippen LogP contribution < -0.4 is 10.0 Å². The molecule has 0 fully saturated rings. The first kappa shape index (κ1) is 22.7. The Hall–Kier alpha value is -3.45. The van der Waals surface area contributed by atoms with Gasteiger partial charge in [-0.25, -0.2) is 8.42 Å². The standard InChI is InChI=1S/C26H26N2O4S/c1-18-5-13-24(14-6-18)33(31,32)28-23-11-9-22(10-12-23)27-26(30)16-15-25(29)21-8-7-19-3-2-4-20(19)17-21/h5-14,17,28H,2-4,15-16H2,1H3,(H,27,30). The number of fused-ring (bicyclic) bond motifs is 1. The number of hydrogen-bond donors (Lipinski definition) is 2. The van der Waals surface area contributed by atoms with Crippen molar-refractivity contribution in [1.82, 2.24) is 0 Å². The van der Waals surface area contributed by atoms with Crippen molar-refractivity contribution in [3.05, 3.63) is 89.0 Å². The van der Waals surface area contributed by atoms with Gasteiger partial charge in [0.2, 0.25) is 5.91 Å². The lowest BCUT2D eigenvalue weighted by molar-refractivity contribution is -0.116. The number of amides is 1. The van der Waals surface area contributed by atoms with Crippen molar-refractivity contribution >= 4 is 33.1 Å². The molecule has 0 saturated heterocycles. The van der Waals surface area contributed by atoms with Crippen LogP contribution in [0.15, 0.2) is 71.6 Å². The molecule has 0 radical (unpaired) electrons. The highest BCUT2D eigenvalue weighted by Crippen LogP contribution is 2.24. The van der Waals surface area contributed by atoms with Crippen LogP contribution in [0.3, 0.4) is 0 Å². The van der Waals surface area contributed by atoms with E-state index in [9.17, 15) is 18.0 Å². The molecule has 7 heteroatoms. The summed E-state index contributed by atoms with van der Waals surface area (Å²) in [4.78, 5) is 24.9. The summed E-state index contributed by atoms with van der Waals surface area (Å²) in [6, 6.07) is 18.8. The van der Waals surface area contributed by atoms with Crippen LogP contribution in [0.5, 0.6) is 0 Å². The Labute approximate surface area is 194 Å². The minimum Gasteiger partial charge on any atom is -0.326 e. The number of carbonyl (C=O) groups excluding carboxylic acids is 2. The summed E-state index contributed by atoms with van der Waals surface area (Å²) in [5, 5.41) is 2.75. The highest BCUT2D eigenvalue weighted by molar-refractivity contribution is 7.92. The van der Waals surface area contributed by atoms with Crippen LogP contribution in [-0.2, 0) is 27.7 Å². The van der Waals surface area contributed by atoms with E-state index in [1.54, 1.807) is 48.5 Å². The first-order valence-corrected chi connectivity index (χ1v) is 12.4.